The van der Waals surface area contributed by atoms with Crippen LogP contribution < -0.4 is 16.2 Å². The van der Waals surface area contributed by atoms with E-state index in [9.17, 15) is 9.59 Å². The summed E-state index contributed by atoms with van der Waals surface area (Å²) in [6.07, 6.45) is 3.46. The number of carbonyl (C=O) groups is 1. The molecule has 0 fully saturated rings. The molecule has 28 heavy (non-hydrogen) atoms. The van der Waals surface area contributed by atoms with E-state index in [0.29, 0.717) is 17.6 Å². The van der Waals surface area contributed by atoms with Crippen molar-refractivity contribution in [1.82, 2.24) is 35.2 Å². The summed E-state index contributed by atoms with van der Waals surface area (Å²) >= 11 is 0. The van der Waals surface area contributed by atoms with E-state index >= 15 is 0 Å². The highest BCUT2D eigenvalue weighted by atomic mass is 35.5. The molecule has 1 amide bonds. The molecule has 3 rings (SSSR count). The van der Waals surface area contributed by atoms with Crippen LogP contribution in [0.5, 0.6) is 0 Å². The Balaban J connectivity index is 0.00000196. The van der Waals surface area contributed by atoms with Crippen LogP contribution in [0.25, 0.3) is 11.0 Å². The standard InChI is InChI=1S/C17H23N7O2.2ClH/c1-9-12(10(2)21-15-13(9)16(25)22-24(15)5)7-19-17(26)14(18-3)11-6-20-23(4)8-11;;/h6,8,14,18H,7H2,1-5H3,(H,19,26)(H,22,25);2*1H. The molecule has 3 N–H and O–H groups in total. The highest BCUT2D eigenvalue weighted by molar-refractivity contribution is 5.86. The SMILES string of the molecule is CNC(C(=O)NCc1c(C)nc2c(c1C)c(=O)[nH]n2C)c1cnn(C)c1.Cl.Cl. The van der Waals surface area contributed by atoms with E-state index in [-0.39, 0.29) is 36.3 Å². The number of halogens is 2. The van der Waals surface area contributed by atoms with Crippen LogP contribution in [0.2, 0.25) is 0 Å². The van der Waals surface area contributed by atoms with Gasteiger partial charge in [0.05, 0.1) is 11.6 Å². The van der Waals surface area contributed by atoms with Gasteiger partial charge in [-0.15, -0.1) is 24.8 Å². The monoisotopic (exact) mass is 429 g/mol. The van der Waals surface area contributed by atoms with E-state index in [4.69, 9.17) is 0 Å². The smallest absolute Gasteiger partial charge is 0.273 e. The lowest BCUT2D eigenvalue weighted by molar-refractivity contribution is -0.123. The van der Waals surface area contributed by atoms with Gasteiger partial charge in [0.25, 0.3) is 5.56 Å². The van der Waals surface area contributed by atoms with Gasteiger partial charge >= 0.3 is 0 Å². The lowest BCUT2D eigenvalue weighted by Gasteiger charge is -2.16. The summed E-state index contributed by atoms with van der Waals surface area (Å²) in [4.78, 5) is 29.3. The highest BCUT2D eigenvalue weighted by Crippen LogP contribution is 2.20. The fourth-order valence-corrected chi connectivity index (χ4v) is 3.22. The number of nitrogens with one attached hydrogen (secondary N) is 3. The molecule has 3 aromatic rings. The van der Waals surface area contributed by atoms with Gasteiger partial charge in [-0.3, -0.25) is 24.1 Å². The summed E-state index contributed by atoms with van der Waals surface area (Å²) in [6.45, 7) is 4.05. The van der Waals surface area contributed by atoms with E-state index in [1.807, 2.05) is 13.8 Å². The molecule has 3 aromatic heterocycles. The van der Waals surface area contributed by atoms with Crippen LogP contribution in [0.3, 0.4) is 0 Å². The summed E-state index contributed by atoms with van der Waals surface area (Å²) in [5.41, 5.74) is 3.69. The topological polar surface area (TPSA) is 110 Å². The van der Waals surface area contributed by atoms with E-state index < -0.39 is 6.04 Å². The summed E-state index contributed by atoms with van der Waals surface area (Å²) in [5.74, 6) is -0.165. The Morgan fingerprint density at radius 1 is 1.29 bits per heavy atom. The molecule has 0 radical (unpaired) electrons. The zero-order valence-corrected chi connectivity index (χ0v) is 18.0. The molecule has 0 saturated heterocycles. The third-order valence-electron chi connectivity index (χ3n) is 4.62. The number of likely N-dealkylation sites (N-methyl/N-ethyl adjacent to an activating group) is 1. The Morgan fingerprint density at radius 2 is 1.96 bits per heavy atom. The molecule has 11 heteroatoms. The van der Waals surface area contributed by atoms with Gasteiger partial charge in [0, 0.05) is 38.1 Å². The summed E-state index contributed by atoms with van der Waals surface area (Å²) < 4.78 is 3.26. The molecule has 154 valence electrons. The molecule has 1 atom stereocenters. The van der Waals surface area contributed by atoms with E-state index in [1.165, 1.54) is 0 Å². The average Bonchev–Trinajstić information content (AvgIpc) is 3.11. The summed E-state index contributed by atoms with van der Waals surface area (Å²) in [5, 5.41) is 13.3. The molecular weight excluding hydrogens is 405 g/mol. The van der Waals surface area contributed by atoms with E-state index in [0.717, 1.165) is 22.4 Å². The van der Waals surface area contributed by atoms with Crippen LogP contribution >= 0.6 is 24.8 Å². The van der Waals surface area contributed by atoms with Gasteiger partial charge in [-0.05, 0) is 32.0 Å². The molecule has 0 aromatic carbocycles. The van der Waals surface area contributed by atoms with Crippen LogP contribution in [0.15, 0.2) is 17.2 Å². The number of carbonyl (C=O) groups excluding carboxylic acids is 1. The van der Waals surface area contributed by atoms with Gasteiger partial charge in [0.2, 0.25) is 5.91 Å². The molecule has 0 bridgehead atoms. The van der Waals surface area contributed by atoms with Gasteiger partial charge in [0.1, 0.15) is 6.04 Å². The number of aryl methyl sites for hydroxylation is 4. The zero-order valence-electron chi connectivity index (χ0n) is 16.4. The number of fused-ring (bicyclic) bond motifs is 1. The molecule has 0 aliphatic heterocycles. The molecule has 9 nitrogen and oxygen atoms in total. The average molecular weight is 430 g/mol. The number of hydrogen-bond acceptors (Lipinski definition) is 5. The normalized spacial score (nSPS) is 11.6. The first-order valence-corrected chi connectivity index (χ1v) is 8.31. The van der Waals surface area contributed by atoms with Crippen molar-refractivity contribution in [2.45, 2.75) is 26.4 Å². The predicted octanol–water partition coefficient (Wildman–Crippen LogP) is 1.03. The van der Waals surface area contributed by atoms with Gasteiger partial charge in [0.15, 0.2) is 5.65 Å². The van der Waals surface area contributed by atoms with Crippen molar-refractivity contribution in [3.8, 4) is 0 Å². The number of aromatic amines is 1. The molecule has 0 saturated carbocycles. The Morgan fingerprint density at radius 3 is 2.54 bits per heavy atom. The van der Waals surface area contributed by atoms with Crippen molar-refractivity contribution in [3.63, 3.8) is 0 Å². The number of pyridine rings is 1. The van der Waals surface area contributed by atoms with Crippen molar-refractivity contribution < 1.29 is 4.79 Å². The third kappa shape index (κ3) is 4.21. The van der Waals surface area contributed by atoms with Crippen LogP contribution in [-0.4, -0.2) is 37.5 Å². The lowest BCUT2D eigenvalue weighted by atomic mass is 10.0. The Kier molecular flexibility index (Phi) is 7.80. The van der Waals surface area contributed by atoms with Crippen LogP contribution in [0.1, 0.15) is 28.4 Å². The minimum Gasteiger partial charge on any atom is -0.350 e. The second-order valence-electron chi connectivity index (χ2n) is 6.39. The van der Waals surface area contributed by atoms with Crippen molar-refractivity contribution in [2.75, 3.05) is 7.05 Å². The fraction of sp³-hybridized carbons (Fsp3) is 0.412. The first-order valence-electron chi connectivity index (χ1n) is 8.31. The number of hydrogen-bond donors (Lipinski definition) is 3. The maximum Gasteiger partial charge on any atom is 0.273 e. The molecule has 0 spiro atoms. The predicted molar refractivity (Wildman–Crippen MR) is 112 cm³/mol. The number of aromatic nitrogens is 5. The number of H-pyrrole nitrogens is 1. The maximum absolute atomic E-state index is 12.6. The van der Waals surface area contributed by atoms with Crippen LogP contribution in [0, 0.1) is 13.8 Å². The molecular formula is C17H25Cl2N7O2. The van der Waals surface area contributed by atoms with Gasteiger partial charge < -0.3 is 10.6 Å². The number of amides is 1. The molecule has 0 aliphatic carbocycles. The molecule has 1 unspecified atom stereocenters. The van der Waals surface area contributed by atoms with Crippen molar-refractivity contribution >= 4 is 41.8 Å². The van der Waals surface area contributed by atoms with Crippen LogP contribution in [0.4, 0.5) is 0 Å². The van der Waals surface area contributed by atoms with Crippen molar-refractivity contribution in [3.05, 3.63) is 45.1 Å². The van der Waals surface area contributed by atoms with E-state index in [2.05, 4.69) is 25.8 Å². The van der Waals surface area contributed by atoms with Gasteiger partial charge in [-0.25, -0.2) is 4.98 Å². The Labute approximate surface area is 174 Å². The second kappa shape index (κ2) is 9.22. The first-order chi connectivity index (χ1) is 12.3. The van der Waals surface area contributed by atoms with Gasteiger partial charge in [-0.1, -0.05) is 0 Å². The molecule has 3 heterocycles. The largest absolute Gasteiger partial charge is 0.350 e. The minimum absolute atomic E-state index is 0. The number of rotatable bonds is 5. The maximum atomic E-state index is 12.6. The Bertz CT molecular complexity index is 1040. The quantitative estimate of drug-likeness (QED) is 0.560. The molecule has 0 aliphatic rings. The summed E-state index contributed by atoms with van der Waals surface area (Å²) in [7, 11) is 5.28. The van der Waals surface area contributed by atoms with Crippen molar-refractivity contribution in [1.29, 1.82) is 0 Å². The zero-order chi connectivity index (χ0) is 19.0. The number of nitrogens with zero attached hydrogens (tertiary/aromatic N) is 4. The second-order valence-corrected chi connectivity index (χ2v) is 6.39. The van der Waals surface area contributed by atoms with Crippen LogP contribution in [-0.2, 0) is 25.4 Å². The highest BCUT2D eigenvalue weighted by Gasteiger charge is 2.21. The Hall–Kier alpha value is -2.36. The first kappa shape index (κ1) is 23.7. The van der Waals surface area contributed by atoms with Gasteiger partial charge in [-0.2, -0.15) is 5.10 Å². The third-order valence-corrected chi connectivity index (χ3v) is 4.62. The minimum atomic E-state index is -0.499. The van der Waals surface area contributed by atoms with Crippen molar-refractivity contribution in [2.24, 2.45) is 14.1 Å². The summed E-state index contributed by atoms with van der Waals surface area (Å²) in [6, 6.07) is -0.499. The fourth-order valence-electron chi connectivity index (χ4n) is 3.22. The van der Waals surface area contributed by atoms with E-state index in [1.54, 1.807) is 42.9 Å². The lowest BCUT2D eigenvalue weighted by Crippen LogP contribution is -2.35.